The number of benzene rings is 1. The molecule has 2 aliphatic rings. The van der Waals surface area contributed by atoms with Crippen molar-refractivity contribution >= 4 is 17.5 Å². The minimum Gasteiger partial charge on any atom is -0.385 e. The molecule has 0 saturated carbocycles. The zero-order valence-corrected chi connectivity index (χ0v) is 21.1. The molecule has 1 unspecified atom stereocenters. The standard InChI is InChI=1S/C26H40ClFN2O4/c1-33-15-3-2-13-26(32,22-9-4-10-23(27)25(22)28)19-7-5-14-30(18-19)24(31)12-11-20(29)17-21-8-6-16-34-21/h4,9-10,19-21,32H,2-3,5-8,11-18,29H2,1H3/t19-,20-,21?,26+/m1/s1. The lowest BCUT2D eigenvalue weighted by Gasteiger charge is -2.43. The van der Waals surface area contributed by atoms with Gasteiger partial charge < -0.3 is 25.2 Å². The lowest BCUT2D eigenvalue weighted by molar-refractivity contribution is -0.137. The Morgan fingerprint density at radius 3 is 2.94 bits per heavy atom. The van der Waals surface area contributed by atoms with Crippen LogP contribution in [-0.4, -0.2) is 61.5 Å². The van der Waals surface area contributed by atoms with Crippen molar-refractivity contribution < 1.29 is 23.8 Å². The van der Waals surface area contributed by atoms with Crippen molar-refractivity contribution in [2.75, 3.05) is 33.4 Å². The van der Waals surface area contributed by atoms with E-state index < -0.39 is 11.4 Å². The second-order valence-electron chi connectivity index (χ2n) is 9.82. The number of rotatable bonds is 12. The van der Waals surface area contributed by atoms with Gasteiger partial charge in [-0.2, -0.15) is 0 Å². The third kappa shape index (κ3) is 7.14. The maximum Gasteiger partial charge on any atom is 0.222 e. The number of ether oxygens (including phenoxy) is 2. The van der Waals surface area contributed by atoms with Gasteiger partial charge in [0, 0.05) is 57.4 Å². The number of nitrogens with zero attached hydrogens (tertiary/aromatic N) is 1. The minimum atomic E-state index is -1.40. The van der Waals surface area contributed by atoms with Crippen LogP contribution in [0, 0.1) is 11.7 Å². The van der Waals surface area contributed by atoms with Crippen molar-refractivity contribution in [3.8, 4) is 0 Å². The third-order valence-corrected chi connectivity index (χ3v) is 7.63. The number of nitrogens with two attached hydrogens (primary N) is 1. The second-order valence-corrected chi connectivity index (χ2v) is 10.2. The van der Waals surface area contributed by atoms with Crippen LogP contribution >= 0.6 is 11.6 Å². The highest BCUT2D eigenvalue weighted by Crippen LogP contribution is 2.42. The van der Waals surface area contributed by atoms with Gasteiger partial charge in [-0.1, -0.05) is 23.7 Å². The summed E-state index contributed by atoms with van der Waals surface area (Å²) in [6, 6.07) is 4.71. The van der Waals surface area contributed by atoms with Crippen LogP contribution in [0.5, 0.6) is 0 Å². The van der Waals surface area contributed by atoms with Gasteiger partial charge in [-0.05, 0) is 63.9 Å². The number of hydrogen-bond acceptors (Lipinski definition) is 5. The Balaban J connectivity index is 1.65. The largest absolute Gasteiger partial charge is 0.385 e. The summed E-state index contributed by atoms with van der Waals surface area (Å²) < 4.78 is 25.8. The van der Waals surface area contributed by atoms with Crippen molar-refractivity contribution in [3.63, 3.8) is 0 Å². The monoisotopic (exact) mass is 498 g/mol. The summed E-state index contributed by atoms with van der Waals surface area (Å²) in [5.41, 5.74) is 5.07. The van der Waals surface area contributed by atoms with Gasteiger partial charge in [-0.3, -0.25) is 4.79 Å². The van der Waals surface area contributed by atoms with Gasteiger partial charge in [0.15, 0.2) is 0 Å². The van der Waals surface area contributed by atoms with Crippen molar-refractivity contribution in [2.45, 2.75) is 82.0 Å². The Labute approximate surface area is 207 Å². The number of aliphatic hydroxyl groups is 1. The molecule has 2 heterocycles. The molecule has 2 saturated heterocycles. The predicted octanol–water partition coefficient (Wildman–Crippen LogP) is 4.40. The molecule has 3 N–H and O–H groups in total. The summed E-state index contributed by atoms with van der Waals surface area (Å²) in [6.07, 6.45) is 7.41. The first-order valence-electron chi connectivity index (χ1n) is 12.7. The van der Waals surface area contributed by atoms with Gasteiger partial charge in [0.2, 0.25) is 5.91 Å². The van der Waals surface area contributed by atoms with Gasteiger partial charge >= 0.3 is 0 Å². The number of unbranched alkanes of at least 4 members (excludes halogenated alkanes) is 1. The fraction of sp³-hybridized carbons (Fsp3) is 0.731. The maximum absolute atomic E-state index is 15.0. The normalized spacial score (nSPS) is 23.6. The molecule has 192 valence electrons. The Kier molecular flexibility index (Phi) is 10.6. The highest BCUT2D eigenvalue weighted by molar-refractivity contribution is 6.30. The Bertz CT molecular complexity index is 792. The van der Waals surface area contributed by atoms with E-state index in [2.05, 4.69) is 0 Å². The molecular formula is C26H40ClFN2O4. The molecule has 1 aromatic rings. The Morgan fingerprint density at radius 2 is 2.21 bits per heavy atom. The number of carbonyl (C=O) groups is 1. The first kappa shape index (κ1) is 27.3. The Morgan fingerprint density at radius 1 is 1.38 bits per heavy atom. The third-order valence-electron chi connectivity index (χ3n) is 7.34. The summed E-state index contributed by atoms with van der Waals surface area (Å²) in [7, 11) is 1.64. The van der Waals surface area contributed by atoms with Gasteiger partial charge in [-0.25, -0.2) is 4.39 Å². The molecule has 0 spiro atoms. The van der Waals surface area contributed by atoms with E-state index in [1.807, 2.05) is 4.90 Å². The maximum atomic E-state index is 15.0. The topological polar surface area (TPSA) is 85.0 Å². The zero-order chi connectivity index (χ0) is 24.6. The van der Waals surface area contributed by atoms with E-state index in [4.69, 9.17) is 26.8 Å². The first-order valence-corrected chi connectivity index (χ1v) is 13.0. The summed E-state index contributed by atoms with van der Waals surface area (Å²) in [4.78, 5) is 14.8. The first-order chi connectivity index (χ1) is 16.3. The number of methoxy groups -OCH3 is 1. The summed E-state index contributed by atoms with van der Waals surface area (Å²) in [6.45, 7) is 2.42. The van der Waals surface area contributed by atoms with Crippen molar-refractivity contribution in [1.82, 2.24) is 4.90 Å². The molecule has 0 aliphatic carbocycles. The highest BCUT2D eigenvalue weighted by atomic mass is 35.5. The summed E-state index contributed by atoms with van der Waals surface area (Å²) in [5.74, 6) is -0.816. The number of piperidine rings is 1. The van der Waals surface area contributed by atoms with Crippen molar-refractivity contribution in [3.05, 3.63) is 34.6 Å². The fourth-order valence-corrected chi connectivity index (χ4v) is 5.56. The lowest BCUT2D eigenvalue weighted by Crippen LogP contribution is -2.48. The molecular weight excluding hydrogens is 459 g/mol. The van der Waals surface area contributed by atoms with E-state index in [-0.39, 0.29) is 34.6 Å². The van der Waals surface area contributed by atoms with E-state index >= 15 is 4.39 Å². The van der Waals surface area contributed by atoms with Crippen LogP contribution < -0.4 is 5.73 Å². The molecule has 2 aliphatic heterocycles. The minimum absolute atomic E-state index is 0.00297. The molecule has 3 rings (SSSR count). The number of hydrogen-bond donors (Lipinski definition) is 2. The second kappa shape index (κ2) is 13.2. The van der Waals surface area contributed by atoms with E-state index in [9.17, 15) is 9.90 Å². The molecule has 6 nitrogen and oxygen atoms in total. The quantitative estimate of drug-likeness (QED) is 0.417. The predicted molar refractivity (Wildman–Crippen MR) is 131 cm³/mol. The highest BCUT2D eigenvalue weighted by Gasteiger charge is 2.43. The SMILES string of the molecule is COCCCC[C@@](O)(c1cccc(Cl)c1F)[C@@H]1CCCN(C(=O)CC[C@@H](N)CC2CCCO2)C1. The van der Waals surface area contributed by atoms with Crippen LogP contribution in [0.2, 0.25) is 5.02 Å². The number of carbonyl (C=O) groups excluding carboxylic acids is 1. The van der Waals surface area contributed by atoms with Crippen LogP contribution in [0.15, 0.2) is 18.2 Å². The van der Waals surface area contributed by atoms with E-state index in [0.29, 0.717) is 45.4 Å². The number of amides is 1. The molecule has 0 aromatic heterocycles. The summed E-state index contributed by atoms with van der Waals surface area (Å²) in [5, 5.41) is 11.9. The zero-order valence-electron chi connectivity index (χ0n) is 20.3. The number of likely N-dealkylation sites (tertiary alicyclic amines) is 1. The van der Waals surface area contributed by atoms with Crippen molar-refractivity contribution in [1.29, 1.82) is 0 Å². The van der Waals surface area contributed by atoms with Crippen LogP contribution in [0.3, 0.4) is 0 Å². The molecule has 34 heavy (non-hydrogen) atoms. The van der Waals surface area contributed by atoms with Crippen LogP contribution in [0.4, 0.5) is 4.39 Å². The van der Waals surface area contributed by atoms with Crippen molar-refractivity contribution in [2.24, 2.45) is 11.7 Å². The van der Waals surface area contributed by atoms with E-state index in [1.54, 1.807) is 19.2 Å². The molecule has 8 heteroatoms. The van der Waals surface area contributed by atoms with Crippen LogP contribution in [0.1, 0.15) is 69.8 Å². The average molecular weight is 499 g/mol. The van der Waals surface area contributed by atoms with Gasteiger partial charge in [0.25, 0.3) is 0 Å². The average Bonchev–Trinajstić information content (AvgIpc) is 3.35. The van der Waals surface area contributed by atoms with Gasteiger partial charge in [0.1, 0.15) is 5.82 Å². The van der Waals surface area contributed by atoms with E-state index in [1.165, 1.54) is 6.07 Å². The van der Waals surface area contributed by atoms with Crippen LogP contribution in [-0.2, 0) is 19.9 Å². The fourth-order valence-electron chi connectivity index (χ4n) is 5.38. The molecule has 0 radical (unpaired) electrons. The number of halogens is 2. The molecule has 2 fully saturated rings. The Hall–Kier alpha value is -1.25. The van der Waals surface area contributed by atoms with Crippen LogP contribution in [0.25, 0.3) is 0 Å². The smallest absolute Gasteiger partial charge is 0.222 e. The van der Waals surface area contributed by atoms with Gasteiger partial charge in [-0.15, -0.1) is 0 Å². The lowest BCUT2D eigenvalue weighted by atomic mass is 9.74. The molecule has 0 bridgehead atoms. The molecule has 4 atom stereocenters. The summed E-state index contributed by atoms with van der Waals surface area (Å²) >= 11 is 6.06. The molecule has 1 amide bonds. The molecule has 1 aromatic carbocycles. The van der Waals surface area contributed by atoms with E-state index in [0.717, 1.165) is 45.1 Å². The van der Waals surface area contributed by atoms with Gasteiger partial charge in [0.05, 0.1) is 16.7 Å².